The van der Waals surface area contributed by atoms with Gasteiger partial charge in [-0.3, -0.25) is 4.98 Å². The molecule has 0 saturated heterocycles. The van der Waals surface area contributed by atoms with Crippen LogP contribution in [0.2, 0.25) is 0 Å². The fourth-order valence-electron chi connectivity index (χ4n) is 1.97. The molecule has 0 aliphatic heterocycles. The second kappa shape index (κ2) is 7.12. The lowest BCUT2D eigenvalue weighted by atomic mass is 10.1. The van der Waals surface area contributed by atoms with Gasteiger partial charge in [0.25, 0.3) is 0 Å². The zero-order valence-corrected chi connectivity index (χ0v) is 14.9. The van der Waals surface area contributed by atoms with Crippen molar-refractivity contribution < 1.29 is 13.5 Å². The van der Waals surface area contributed by atoms with Crippen molar-refractivity contribution in [2.45, 2.75) is 43.9 Å². The maximum Gasteiger partial charge on any atom is 0.180 e. The van der Waals surface area contributed by atoms with Crippen molar-refractivity contribution in [1.82, 2.24) is 9.97 Å². The fourth-order valence-corrected chi connectivity index (χ4v) is 3.03. The van der Waals surface area contributed by atoms with E-state index in [1.165, 1.54) is 0 Å². The van der Waals surface area contributed by atoms with Gasteiger partial charge in [0.15, 0.2) is 9.84 Å². The highest BCUT2D eigenvalue weighted by Gasteiger charge is 2.18. The molecule has 2 aromatic rings. The Morgan fingerprint density at radius 3 is 2.29 bits per heavy atom. The van der Waals surface area contributed by atoms with E-state index in [1.807, 2.05) is 0 Å². The van der Waals surface area contributed by atoms with E-state index in [2.05, 4.69) is 21.8 Å². The molecule has 0 bridgehead atoms. The van der Waals surface area contributed by atoms with Crippen LogP contribution in [0.25, 0.3) is 11.3 Å². The molecule has 1 atom stereocenters. The van der Waals surface area contributed by atoms with Crippen molar-refractivity contribution >= 4 is 9.84 Å². The zero-order chi connectivity index (χ0) is 17.9. The van der Waals surface area contributed by atoms with E-state index in [-0.39, 0.29) is 4.90 Å². The number of aromatic nitrogens is 2. The van der Waals surface area contributed by atoms with Crippen LogP contribution in [0.5, 0.6) is 0 Å². The van der Waals surface area contributed by atoms with Crippen LogP contribution in [0.3, 0.4) is 0 Å². The summed E-state index contributed by atoms with van der Waals surface area (Å²) in [6.07, 6.45) is 0.879. The third-order valence-electron chi connectivity index (χ3n) is 3.45. The van der Waals surface area contributed by atoms with Crippen molar-refractivity contribution in [3.63, 3.8) is 0 Å². The van der Waals surface area contributed by atoms with E-state index >= 15 is 0 Å². The van der Waals surface area contributed by atoms with Gasteiger partial charge in [-0.1, -0.05) is 18.1 Å². The molecule has 2 rings (SSSR count). The van der Waals surface area contributed by atoms with Gasteiger partial charge in [0, 0.05) is 5.56 Å². The normalized spacial score (nSPS) is 12.6. The molecule has 6 heteroatoms. The number of aliphatic hydroxyl groups is 1. The van der Waals surface area contributed by atoms with E-state index in [0.717, 1.165) is 5.56 Å². The third-order valence-corrected chi connectivity index (χ3v) is 5.62. The molecule has 0 saturated carbocycles. The molecule has 1 N–H and O–H groups in total. The summed E-state index contributed by atoms with van der Waals surface area (Å²) in [7, 11) is -3.30. The molecular formula is C18H20N2O3S. The van der Waals surface area contributed by atoms with Gasteiger partial charge in [-0.15, -0.1) is 0 Å². The molecule has 5 nitrogen and oxygen atoms in total. The molecule has 0 aliphatic carbocycles. The van der Waals surface area contributed by atoms with Gasteiger partial charge in [0.1, 0.15) is 11.8 Å². The Morgan fingerprint density at radius 2 is 1.75 bits per heavy atom. The molecule has 0 unspecified atom stereocenters. The minimum Gasteiger partial charge on any atom is -0.381 e. The topological polar surface area (TPSA) is 80.2 Å². The summed E-state index contributed by atoms with van der Waals surface area (Å²) in [6, 6.07) is 6.57. The van der Waals surface area contributed by atoms with E-state index in [9.17, 15) is 13.5 Å². The van der Waals surface area contributed by atoms with Gasteiger partial charge in [-0.05, 0) is 45.7 Å². The second-order valence-corrected chi connectivity index (χ2v) is 8.26. The highest BCUT2D eigenvalue weighted by atomic mass is 32.2. The first-order valence-corrected chi connectivity index (χ1v) is 9.14. The number of rotatable bonds is 3. The summed E-state index contributed by atoms with van der Waals surface area (Å²) < 4.78 is 24.3. The first-order valence-electron chi connectivity index (χ1n) is 7.59. The number of sulfone groups is 1. The summed E-state index contributed by atoms with van der Waals surface area (Å²) >= 11 is 0. The van der Waals surface area contributed by atoms with E-state index in [0.29, 0.717) is 17.1 Å². The number of aryl methyl sites for hydroxylation is 1. The minimum atomic E-state index is -3.30. The molecule has 1 aromatic carbocycles. The van der Waals surface area contributed by atoms with Crippen molar-refractivity contribution in [3.8, 4) is 23.1 Å². The van der Waals surface area contributed by atoms with Crippen LogP contribution >= 0.6 is 0 Å². The Morgan fingerprint density at radius 1 is 1.12 bits per heavy atom. The van der Waals surface area contributed by atoms with Gasteiger partial charge < -0.3 is 5.11 Å². The van der Waals surface area contributed by atoms with E-state index in [4.69, 9.17) is 0 Å². The third kappa shape index (κ3) is 3.99. The molecule has 126 valence electrons. The van der Waals surface area contributed by atoms with E-state index in [1.54, 1.807) is 58.2 Å². The number of nitrogens with zero attached hydrogens (tertiary/aromatic N) is 2. The van der Waals surface area contributed by atoms with Gasteiger partial charge in [0.05, 0.1) is 27.7 Å². The molecule has 1 heterocycles. The molecule has 0 aliphatic rings. The Balaban J connectivity index is 2.40. The SMILES string of the molecule is Cc1ncc(-c2ccc(S(=O)(=O)C(C)C)cc2)nc1C#C[C@@H](C)O. The zero-order valence-electron chi connectivity index (χ0n) is 14.1. The molecule has 24 heavy (non-hydrogen) atoms. The maximum atomic E-state index is 12.2. The number of hydrogen-bond acceptors (Lipinski definition) is 5. The van der Waals surface area contributed by atoms with Gasteiger partial charge in [-0.2, -0.15) is 0 Å². The van der Waals surface area contributed by atoms with Crippen molar-refractivity contribution in [2.24, 2.45) is 0 Å². The largest absolute Gasteiger partial charge is 0.381 e. The average Bonchev–Trinajstić information content (AvgIpc) is 2.54. The van der Waals surface area contributed by atoms with Crippen LogP contribution in [0, 0.1) is 18.8 Å². The van der Waals surface area contributed by atoms with Crippen LogP contribution in [-0.2, 0) is 9.84 Å². The van der Waals surface area contributed by atoms with Crippen LogP contribution in [0.4, 0.5) is 0 Å². The standard InChI is InChI=1S/C18H20N2O3S/c1-12(2)24(22,23)16-8-6-15(7-9-16)18-11-19-14(4)17(20-18)10-5-13(3)21/h6-9,11-13,21H,1-4H3/t13-/m1/s1. The first-order chi connectivity index (χ1) is 11.2. The highest BCUT2D eigenvalue weighted by Crippen LogP contribution is 2.22. The number of hydrogen-bond donors (Lipinski definition) is 1. The van der Waals surface area contributed by atoms with Crippen molar-refractivity contribution in [2.75, 3.05) is 0 Å². The van der Waals surface area contributed by atoms with Gasteiger partial charge in [0.2, 0.25) is 0 Å². The molecule has 0 fully saturated rings. The monoisotopic (exact) mass is 344 g/mol. The number of benzene rings is 1. The maximum absolute atomic E-state index is 12.2. The van der Waals surface area contributed by atoms with Crippen molar-refractivity contribution in [1.29, 1.82) is 0 Å². The molecule has 0 spiro atoms. The summed E-state index contributed by atoms with van der Waals surface area (Å²) in [4.78, 5) is 9.00. The van der Waals surface area contributed by atoms with E-state index < -0.39 is 21.2 Å². The molecular weight excluding hydrogens is 324 g/mol. The Kier molecular flexibility index (Phi) is 5.37. The smallest absolute Gasteiger partial charge is 0.180 e. The fraction of sp³-hybridized carbons (Fsp3) is 0.333. The second-order valence-electron chi connectivity index (χ2n) is 5.75. The van der Waals surface area contributed by atoms with Gasteiger partial charge in [-0.25, -0.2) is 13.4 Å². The lowest BCUT2D eigenvalue weighted by Crippen LogP contribution is -2.13. The first kappa shape index (κ1) is 18.1. The predicted octanol–water partition coefficient (Wildman–Crippen LogP) is 2.37. The highest BCUT2D eigenvalue weighted by molar-refractivity contribution is 7.92. The average molecular weight is 344 g/mol. The minimum absolute atomic E-state index is 0.287. The Labute approximate surface area is 142 Å². The molecule has 0 radical (unpaired) electrons. The quantitative estimate of drug-likeness (QED) is 0.865. The van der Waals surface area contributed by atoms with Crippen molar-refractivity contribution in [3.05, 3.63) is 41.9 Å². The summed E-state index contributed by atoms with van der Waals surface area (Å²) in [5.74, 6) is 5.45. The van der Waals surface area contributed by atoms with Crippen LogP contribution < -0.4 is 0 Å². The van der Waals surface area contributed by atoms with Crippen LogP contribution in [-0.4, -0.2) is 34.8 Å². The summed E-state index contributed by atoms with van der Waals surface area (Å²) in [5, 5.41) is 8.80. The Bertz CT molecular complexity index is 890. The Hall–Kier alpha value is -2.23. The predicted molar refractivity (Wildman–Crippen MR) is 93.1 cm³/mol. The van der Waals surface area contributed by atoms with Crippen LogP contribution in [0.15, 0.2) is 35.4 Å². The lowest BCUT2D eigenvalue weighted by molar-refractivity contribution is 0.253. The van der Waals surface area contributed by atoms with Crippen LogP contribution in [0.1, 0.15) is 32.2 Å². The summed E-state index contributed by atoms with van der Waals surface area (Å²) in [5.41, 5.74) is 2.52. The lowest BCUT2D eigenvalue weighted by Gasteiger charge is -2.09. The van der Waals surface area contributed by atoms with Gasteiger partial charge >= 0.3 is 0 Å². The summed E-state index contributed by atoms with van der Waals surface area (Å²) in [6.45, 7) is 6.68. The molecule has 1 aromatic heterocycles. The molecule has 0 amide bonds. The number of aliphatic hydroxyl groups excluding tert-OH is 1.